The molecule has 1 atom stereocenters. The van der Waals surface area contributed by atoms with Crippen molar-refractivity contribution in [2.45, 2.75) is 37.8 Å². The van der Waals surface area contributed by atoms with Crippen molar-refractivity contribution in [3.8, 4) is 0 Å². The lowest BCUT2D eigenvalue weighted by Gasteiger charge is -2.35. The highest BCUT2D eigenvalue weighted by atomic mass is 16.2. The summed E-state index contributed by atoms with van der Waals surface area (Å²) in [7, 11) is 1.87. The summed E-state index contributed by atoms with van der Waals surface area (Å²) >= 11 is 0. The Morgan fingerprint density at radius 2 is 2.08 bits per heavy atom. The lowest BCUT2D eigenvalue weighted by atomic mass is 10.0. The van der Waals surface area contributed by atoms with Gasteiger partial charge < -0.3 is 10.2 Å². The number of nitrogens with zero attached hydrogens (tertiary/aromatic N) is 3. The van der Waals surface area contributed by atoms with Gasteiger partial charge in [0.2, 0.25) is 11.8 Å². The molecule has 2 saturated heterocycles. The first-order valence-electron chi connectivity index (χ1n) is 9.30. The lowest BCUT2D eigenvalue weighted by molar-refractivity contribution is -0.131. The van der Waals surface area contributed by atoms with Crippen molar-refractivity contribution in [2.24, 2.45) is 0 Å². The summed E-state index contributed by atoms with van der Waals surface area (Å²) in [6.07, 6.45) is 4.88. The molecule has 0 radical (unpaired) electrons. The summed E-state index contributed by atoms with van der Waals surface area (Å²) in [6, 6.07) is 6.17. The number of piperidine rings is 1. The summed E-state index contributed by atoms with van der Waals surface area (Å²) in [4.78, 5) is 28.6. The first-order chi connectivity index (χ1) is 12.6. The lowest BCUT2D eigenvalue weighted by Crippen LogP contribution is -2.50. The molecule has 2 aliphatic rings. The number of H-pyrrole nitrogens is 1. The largest absolute Gasteiger partial charge is 0.353 e. The number of rotatable bonds is 4. The third-order valence-electron chi connectivity index (χ3n) is 5.61. The molecule has 26 heavy (non-hydrogen) atoms. The van der Waals surface area contributed by atoms with Crippen LogP contribution in [-0.4, -0.2) is 70.6 Å². The van der Waals surface area contributed by atoms with Crippen LogP contribution in [0.15, 0.2) is 24.4 Å². The first-order valence-corrected chi connectivity index (χ1v) is 9.30. The molecule has 1 aromatic heterocycles. The molecule has 0 aliphatic carbocycles. The Balaban J connectivity index is 1.27. The molecule has 138 valence electrons. The molecule has 2 aliphatic heterocycles. The van der Waals surface area contributed by atoms with Crippen LogP contribution in [0.1, 0.15) is 24.8 Å². The van der Waals surface area contributed by atoms with E-state index in [4.69, 9.17) is 0 Å². The van der Waals surface area contributed by atoms with Crippen molar-refractivity contribution in [1.82, 2.24) is 25.3 Å². The number of likely N-dealkylation sites (tertiary alicyclic amines) is 2. The molecule has 1 unspecified atom stereocenters. The number of benzene rings is 1. The van der Waals surface area contributed by atoms with Crippen molar-refractivity contribution in [1.29, 1.82) is 0 Å². The average Bonchev–Trinajstić information content (AvgIpc) is 3.22. The van der Waals surface area contributed by atoms with Crippen molar-refractivity contribution in [3.05, 3.63) is 30.0 Å². The molecule has 0 saturated carbocycles. The van der Waals surface area contributed by atoms with E-state index in [1.54, 1.807) is 6.20 Å². The van der Waals surface area contributed by atoms with Crippen molar-refractivity contribution in [2.75, 3.05) is 26.7 Å². The number of aromatic amines is 1. The number of hydrogen-bond donors (Lipinski definition) is 2. The first kappa shape index (κ1) is 17.0. The number of carbonyl (C=O) groups excluding carboxylic acids is 2. The SMILES string of the molecule is CN1CCC(N2CCC(NC(=O)Cc3ccc4cn[nH]c4c3)CC2)C1=O. The smallest absolute Gasteiger partial charge is 0.239 e. The number of nitrogens with one attached hydrogen (secondary N) is 2. The summed E-state index contributed by atoms with van der Waals surface area (Å²) in [5, 5.41) is 11.1. The number of likely N-dealkylation sites (N-methyl/N-ethyl adjacent to an activating group) is 1. The van der Waals surface area contributed by atoms with Crippen molar-refractivity contribution < 1.29 is 9.59 Å². The zero-order valence-corrected chi connectivity index (χ0v) is 15.1. The quantitative estimate of drug-likeness (QED) is 0.854. The maximum absolute atomic E-state index is 12.4. The van der Waals surface area contributed by atoms with Gasteiger partial charge in [0, 0.05) is 38.1 Å². The molecule has 2 amide bonds. The van der Waals surface area contributed by atoms with Crippen LogP contribution >= 0.6 is 0 Å². The van der Waals surface area contributed by atoms with Gasteiger partial charge in [-0.15, -0.1) is 0 Å². The second kappa shape index (κ2) is 7.07. The van der Waals surface area contributed by atoms with Gasteiger partial charge in [-0.2, -0.15) is 5.10 Å². The normalized spacial score (nSPS) is 22.3. The highest BCUT2D eigenvalue weighted by Crippen LogP contribution is 2.21. The van der Waals surface area contributed by atoms with Crippen LogP contribution in [0.2, 0.25) is 0 Å². The van der Waals surface area contributed by atoms with Gasteiger partial charge in [-0.25, -0.2) is 0 Å². The van der Waals surface area contributed by atoms with E-state index in [9.17, 15) is 9.59 Å². The predicted octanol–water partition coefficient (Wildman–Crippen LogP) is 0.917. The fourth-order valence-corrected chi connectivity index (χ4v) is 4.06. The van der Waals surface area contributed by atoms with E-state index in [0.717, 1.165) is 55.4 Å². The number of carbonyl (C=O) groups is 2. The van der Waals surface area contributed by atoms with Gasteiger partial charge in [-0.3, -0.25) is 19.6 Å². The van der Waals surface area contributed by atoms with E-state index in [2.05, 4.69) is 20.4 Å². The molecule has 4 rings (SSSR count). The minimum Gasteiger partial charge on any atom is -0.353 e. The topological polar surface area (TPSA) is 81.3 Å². The Hall–Kier alpha value is -2.41. The zero-order valence-electron chi connectivity index (χ0n) is 15.1. The molecular formula is C19H25N5O2. The van der Waals surface area contributed by atoms with Crippen molar-refractivity contribution in [3.63, 3.8) is 0 Å². The Bertz CT molecular complexity index is 809. The monoisotopic (exact) mass is 355 g/mol. The zero-order chi connectivity index (χ0) is 18.1. The fraction of sp³-hybridized carbons (Fsp3) is 0.526. The van der Waals surface area contributed by atoms with Crippen LogP contribution < -0.4 is 5.32 Å². The highest BCUT2D eigenvalue weighted by Gasteiger charge is 2.35. The van der Waals surface area contributed by atoms with E-state index < -0.39 is 0 Å². The average molecular weight is 355 g/mol. The second-order valence-electron chi connectivity index (χ2n) is 7.41. The maximum Gasteiger partial charge on any atom is 0.239 e. The van der Waals surface area contributed by atoms with Gasteiger partial charge in [-0.1, -0.05) is 12.1 Å². The number of hydrogen-bond acceptors (Lipinski definition) is 4. The Labute approximate surface area is 152 Å². The van der Waals surface area contributed by atoms with Gasteiger partial charge in [0.15, 0.2) is 0 Å². The van der Waals surface area contributed by atoms with Crippen LogP contribution in [0.25, 0.3) is 10.9 Å². The molecule has 2 aromatic rings. The summed E-state index contributed by atoms with van der Waals surface area (Å²) in [5.41, 5.74) is 1.94. The minimum absolute atomic E-state index is 0.0396. The van der Waals surface area contributed by atoms with Crippen LogP contribution in [-0.2, 0) is 16.0 Å². The standard InChI is InChI=1S/C19H25N5O2/c1-23-7-6-17(19(23)26)24-8-4-15(5-9-24)21-18(25)11-13-2-3-14-12-20-22-16(14)10-13/h2-3,10,12,15,17H,4-9,11H2,1H3,(H,20,22)(H,21,25). The third-order valence-corrected chi connectivity index (χ3v) is 5.61. The Morgan fingerprint density at radius 1 is 1.27 bits per heavy atom. The minimum atomic E-state index is 0.0396. The predicted molar refractivity (Wildman–Crippen MR) is 98.6 cm³/mol. The number of fused-ring (bicyclic) bond motifs is 1. The second-order valence-corrected chi connectivity index (χ2v) is 7.41. The van der Waals surface area contributed by atoms with Crippen LogP contribution in [0.5, 0.6) is 0 Å². The summed E-state index contributed by atoms with van der Waals surface area (Å²) < 4.78 is 0. The molecule has 2 N–H and O–H groups in total. The van der Waals surface area contributed by atoms with Gasteiger partial charge >= 0.3 is 0 Å². The van der Waals surface area contributed by atoms with Gasteiger partial charge in [0.1, 0.15) is 0 Å². The molecular weight excluding hydrogens is 330 g/mol. The van der Waals surface area contributed by atoms with Gasteiger partial charge in [-0.05, 0) is 30.9 Å². The highest BCUT2D eigenvalue weighted by molar-refractivity contribution is 5.84. The molecule has 0 spiro atoms. The van der Waals surface area contributed by atoms with E-state index in [-0.39, 0.29) is 23.9 Å². The molecule has 1 aromatic carbocycles. The Kier molecular flexibility index (Phi) is 4.63. The van der Waals surface area contributed by atoms with Crippen molar-refractivity contribution >= 4 is 22.7 Å². The van der Waals surface area contributed by atoms with E-state index in [0.29, 0.717) is 6.42 Å². The van der Waals surface area contributed by atoms with E-state index in [1.165, 1.54) is 0 Å². The molecule has 7 nitrogen and oxygen atoms in total. The Morgan fingerprint density at radius 3 is 2.81 bits per heavy atom. The molecule has 0 bridgehead atoms. The van der Waals surface area contributed by atoms with E-state index in [1.807, 2.05) is 30.1 Å². The summed E-state index contributed by atoms with van der Waals surface area (Å²) in [5.74, 6) is 0.292. The van der Waals surface area contributed by atoms with Crippen LogP contribution in [0.3, 0.4) is 0 Å². The van der Waals surface area contributed by atoms with Gasteiger partial charge in [0.05, 0.1) is 24.2 Å². The van der Waals surface area contributed by atoms with Crippen LogP contribution in [0, 0.1) is 0 Å². The van der Waals surface area contributed by atoms with Crippen LogP contribution in [0.4, 0.5) is 0 Å². The maximum atomic E-state index is 12.4. The fourth-order valence-electron chi connectivity index (χ4n) is 4.06. The third kappa shape index (κ3) is 3.44. The number of aromatic nitrogens is 2. The molecule has 3 heterocycles. The molecule has 7 heteroatoms. The summed E-state index contributed by atoms with van der Waals surface area (Å²) in [6.45, 7) is 2.59. The van der Waals surface area contributed by atoms with Gasteiger partial charge in [0.25, 0.3) is 0 Å². The van der Waals surface area contributed by atoms with E-state index >= 15 is 0 Å². The molecule has 2 fully saturated rings. The number of amides is 2.